The van der Waals surface area contributed by atoms with Gasteiger partial charge in [0.05, 0.1) is 29.7 Å². The Morgan fingerprint density at radius 3 is 2.62 bits per heavy atom. The van der Waals surface area contributed by atoms with Crippen molar-refractivity contribution in [3.8, 4) is 17.5 Å². The number of nitrogens with one attached hydrogen (secondary N) is 1. The number of hydrogen-bond acceptors (Lipinski definition) is 7. The topological polar surface area (TPSA) is 102 Å². The molecule has 0 bridgehead atoms. The van der Waals surface area contributed by atoms with Gasteiger partial charge in [0.25, 0.3) is 0 Å². The van der Waals surface area contributed by atoms with E-state index in [0.717, 1.165) is 54.7 Å². The van der Waals surface area contributed by atoms with Gasteiger partial charge in [-0.15, -0.1) is 0 Å². The number of piperidine rings is 1. The Balaban J connectivity index is 1.29. The fourth-order valence-corrected chi connectivity index (χ4v) is 5.62. The van der Waals surface area contributed by atoms with Crippen molar-refractivity contribution in [2.75, 3.05) is 11.9 Å². The van der Waals surface area contributed by atoms with E-state index in [4.69, 9.17) is 4.98 Å². The molecule has 1 aliphatic heterocycles. The molecule has 4 heterocycles. The summed E-state index contributed by atoms with van der Waals surface area (Å²) in [7, 11) is 0. The fourth-order valence-electron chi connectivity index (χ4n) is 5.62. The average molecular weight is 524 g/mol. The second kappa shape index (κ2) is 11.5. The molecule has 39 heavy (non-hydrogen) atoms. The number of aromatic nitrogens is 4. The Labute approximate surface area is 230 Å². The van der Waals surface area contributed by atoms with Gasteiger partial charge < -0.3 is 10.4 Å². The summed E-state index contributed by atoms with van der Waals surface area (Å²) in [6.07, 6.45) is 8.73. The number of imidazole rings is 1. The number of aryl methyl sites for hydroxylation is 1. The summed E-state index contributed by atoms with van der Waals surface area (Å²) in [5.74, 6) is 0.961. The van der Waals surface area contributed by atoms with Crippen LogP contribution in [0.15, 0.2) is 55.0 Å². The molecule has 0 saturated carbocycles. The van der Waals surface area contributed by atoms with Gasteiger partial charge in [-0.2, -0.15) is 5.26 Å². The molecule has 1 aromatic carbocycles. The van der Waals surface area contributed by atoms with E-state index in [2.05, 4.69) is 84.3 Å². The van der Waals surface area contributed by atoms with E-state index < -0.39 is 0 Å². The molecular weight excluding hydrogens is 486 g/mol. The van der Waals surface area contributed by atoms with E-state index in [1.807, 2.05) is 16.7 Å². The van der Waals surface area contributed by atoms with Crippen molar-refractivity contribution in [2.45, 2.75) is 71.7 Å². The molecule has 0 spiro atoms. The summed E-state index contributed by atoms with van der Waals surface area (Å²) in [6, 6.07) is 15.3. The molecule has 3 aromatic heterocycles. The lowest BCUT2D eigenvalue weighted by Gasteiger charge is -2.39. The lowest BCUT2D eigenvalue weighted by Crippen LogP contribution is -2.46. The van der Waals surface area contributed by atoms with Gasteiger partial charge in [-0.25, -0.2) is 15.0 Å². The minimum atomic E-state index is -0.348. The molecule has 5 rings (SSSR count). The molecule has 1 aliphatic rings. The fraction of sp³-hybridized carbons (Fsp3) is 0.419. The SMILES string of the molecule is CCc1cccn2c(-c3nc(N[C@@H](C)c4ccc(CC5CCN(C(C)C)C(O)C5)cc4)ncc3C#N)cnc12. The molecule has 1 saturated heterocycles. The first-order chi connectivity index (χ1) is 18.9. The number of benzene rings is 1. The van der Waals surface area contributed by atoms with Gasteiger partial charge in [-0.1, -0.05) is 37.3 Å². The van der Waals surface area contributed by atoms with Crippen molar-refractivity contribution >= 4 is 11.6 Å². The summed E-state index contributed by atoms with van der Waals surface area (Å²) < 4.78 is 1.99. The molecule has 202 valence electrons. The highest BCUT2D eigenvalue weighted by atomic mass is 16.3. The number of likely N-dealkylation sites (tertiary alicyclic amines) is 1. The van der Waals surface area contributed by atoms with Gasteiger partial charge in [0.1, 0.15) is 23.6 Å². The van der Waals surface area contributed by atoms with Crippen molar-refractivity contribution in [1.29, 1.82) is 5.26 Å². The van der Waals surface area contributed by atoms with Gasteiger partial charge in [-0.05, 0) is 75.1 Å². The quantitative estimate of drug-likeness (QED) is 0.320. The van der Waals surface area contributed by atoms with Crippen LogP contribution in [-0.4, -0.2) is 48.2 Å². The zero-order chi connectivity index (χ0) is 27.5. The number of aliphatic hydroxyl groups is 1. The summed E-state index contributed by atoms with van der Waals surface area (Å²) >= 11 is 0. The summed E-state index contributed by atoms with van der Waals surface area (Å²) in [5, 5.41) is 23.7. The van der Waals surface area contributed by atoms with Crippen LogP contribution in [0, 0.1) is 17.2 Å². The Morgan fingerprint density at radius 2 is 1.92 bits per heavy atom. The van der Waals surface area contributed by atoms with Crippen molar-refractivity contribution in [1.82, 2.24) is 24.3 Å². The van der Waals surface area contributed by atoms with E-state index in [9.17, 15) is 10.4 Å². The number of pyridine rings is 1. The van der Waals surface area contributed by atoms with Gasteiger partial charge in [0, 0.05) is 18.8 Å². The molecule has 1 fully saturated rings. The van der Waals surface area contributed by atoms with Crippen LogP contribution < -0.4 is 5.32 Å². The first-order valence-electron chi connectivity index (χ1n) is 13.9. The summed E-state index contributed by atoms with van der Waals surface area (Å²) in [5.41, 5.74) is 6.17. The van der Waals surface area contributed by atoms with E-state index >= 15 is 0 Å². The maximum Gasteiger partial charge on any atom is 0.223 e. The molecule has 4 aromatic rings. The number of hydrogen-bond donors (Lipinski definition) is 2. The van der Waals surface area contributed by atoms with Crippen LogP contribution in [0.5, 0.6) is 0 Å². The summed E-state index contributed by atoms with van der Waals surface area (Å²) in [4.78, 5) is 15.9. The lowest BCUT2D eigenvalue weighted by atomic mass is 9.88. The zero-order valence-corrected chi connectivity index (χ0v) is 23.2. The first kappa shape index (κ1) is 26.8. The number of nitriles is 1. The molecule has 0 aliphatic carbocycles. The molecule has 8 nitrogen and oxygen atoms in total. The third kappa shape index (κ3) is 5.65. The number of nitrogens with zero attached hydrogens (tertiary/aromatic N) is 6. The smallest absolute Gasteiger partial charge is 0.223 e. The molecule has 8 heteroatoms. The number of anilines is 1. The van der Waals surface area contributed by atoms with Gasteiger partial charge in [0.15, 0.2) is 0 Å². The van der Waals surface area contributed by atoms with Crippen LogP contribution in [0.3, 0.4) is 0 Å². The van der Waals surface area contributed by atoms with Crippen LogP contribution in [0.25, 0.3) is 17.0 Å². The maximum atomic E-state index is 10.5. The van der Waals surface area contributed by atoms with Gasteiger partial charge >= 0.3 is 0 Å². The van der Waals surface area contributed by atoms with Crippen LogP contribution in [0.2, 0.25) is 0 Å². The molecule has 0 amide bonds. The van der Waals surface area contributed by atoms with E-state index in [1.54, 1.807) is 12.4 Å². The van der Waals surface area contributed by atoms with Crippen LogP contribution in [-0.2, 0) is 12.8 Å². The number of aliphatic hydroxyl groups excluding tert-OH is 1. The Bertz CT molecular complexity index is 1470. The molecule has 3 atom stereocenters. The number of fused-ring (bicyclic) bond motifs is 1. The van der Waals surface area contributed by atoms with Crippen LogP contribution in [0.1, 0.15) is 68.8 Å². The summed E-state index contributed by atoms with van der Waals surface area (Å²) in [6.45, 7) is 9.41. The predicted octanol–water partition coefficient (Wildman–Crippen LogP) is 5.38. The van der Waals surface area contributed by atoms with E-state index in [0.29, 0.717) is 29.2 Å². The third-order valence-corrected chi connectivity index (χ3v) is 7.88. The van der Waals surface area contributed by atoms with Crippen LogP contribution in [0.4, 0.5) is 5.95 Å². The first-order valence-corrected chi connectivity index (χ1v) is 13.9. The van der Waals surface area contributed by atoms with Crippen molar-refractivity contribution in [2.24, 2.45) is 5.92 Å². The second-order valence-corrected chi connectivity index (χ2v) is 10.8. The second-order valence-electron chi connectivity index (χ2n) is 10.8. The lowest BCUT2D eigenvalue weighted by molar-refractivity contribution is -0.0591. The number of rotatable bonds is 8. The minimum absolute atomic E-state index is 0.0233. The Kier molecular flexibility index (Phi) is 7.92. The van der Waals surface area contributed by atoms with Gasteiger partial charge in [0.2, 0.25) is 5.95 Å². The standard InChI is InChI=1S/C31H37N7O/c1-5-24-7-6-13-38-27(19-33-30(24)38)29-26(17-32)18-34-31(36-29)35-21(4)25-10-8-22(9-11-25)15-23-12-14-37(20(2)3)28(39)16-23/h6-11,13,18-21,23,28,39H,5,12,14-16H2,1-4H3,(H,34,35,36)/t21-,23?,28?/m0/s1. The highest BCUT2D eigenvalue weighted by Crippen LogP contribution is 2.28. The molecule has 0 radical (unpaired) electrons. The Hall–Kier alpha value is -3.80. The van der Waals surface area contributed by atoms with Gasteiger partial charge in [-0.3, -0.25) is 9.30 Å². The minimum Gasteiger partial charge on any atom is -0.378 e. The Morgan fingerprint density at radius 1 is 1.13 bits per heavy atom. The monoisotopic (exact) mass is 523 g/mol. The maximum absolute atomic E-state index is 10.5. The van der Waals surface area contributed by atoms with Crippen LogP contribution >= 0.6 is 0 Å². The molecule has 2 unspecified atom stereocenters. The average Bonchev–Trinajstić information content (AvgIpc) is 3.37. The molecular formula is C31H37N7O. The highest BCUT2D eigenvalue weighted by Gasteiger charge is 2.28. The largest absolute Gasteiger partial charge is 0.378 e. The van der Waals surface area contributed by atoms with Crippen molar-refractivity contribution in [3.05, 3.63) is 77.2 Å². The van der Waals surface area contributed by atoms with Crippen molar-refractivity contribution < 1.29 is 5.11 Å². The van der Waals surface area contributed by atoms with E-state index in [-0.39, 0.29) is 12.3 Å². The molecule has 2 N–H and O–H groups in total. The predicted molar refractivity (Wildman–Crippen MR) is 153 cm³/mol. The van der Waals surface area contributed by atoms with Crippen molar-refractivity contribution in [3.63, 3.8) is 0 Å². The highest BCUT2D eigenvalue weighted by molar-refractivity contribution is 5.68. The zero-order valence-electron chi connectivity index (χ0n) is 23.2. The van der Waals surface area contributed by atoms with E-state index in [1.165, 1.54) is 5.56 Å². The third-order valence-electron chi connectivity index (χ3n) is 7.88. The normalized spacial score (nSPS) is 18.8.